The minimum atomic E-state index is -0.0589. The van der Waals surface area contributed by atoms with Gasteiger partial charge in [-0.05, 0) is 24.1 Å². The summed E-state index contributed by atoms with van der Waals surface area (Å²) >= 11 is 0. The lowest BCUT2D eigenvalue weighted by molar-refractivity contribution is 0.0784. The van der Waals surface area contributed by atoms with Crippen LogP contribution in [0.25, 0.3) is 0 Å². The van der Waals surface area contributed by atoms with Crippen molar-refractivity contribution in [1.82, 2.24) is 14.9 Å². The number of rotatable bonds is 2. The molecule has 0 saturated carbocycles. The Kier molecular flexibility index (Phi) is 3.14. The Balaban J connectivity index is 1.49. The van der Waals surface area contributed by atoms with E-state index in [4.69, 9.17) is 9.47 Å². The Hall–Kier alpha value is -2.63. The van der Waals surface area contributed by atoms with E-state index in [0.29, 0.717) is 18.2 Å². The Labute approximate surface area is 127 Å². The van der Waals surface area contributed by atoms with Gasteiger partial charge in [-0.15, -0.1) is 0 Å². The molecule has 0 aliphatic carbocycles. The topological polar surface area (TPSA) is 64.6 Å². The van der Waals surface area contributed by atoms with E-state index in [-0.39, 0.29) is 12.7 Å². The third-order valence-corrected chi connectivity index (χ3v) is 4.13. The number of carbonyl (C=O) groups is 1. The van der Waals surface area contributed by atoms with Crippen LogP contribution in [0.2, 0.25) is 0 Å². The van der Waals surface area contributed by atoms with Crippen LogP contribution in [0.4, 0.5) is 0 Å². The summed E-state index contributed by atoms with van der Waals surface area (Å²) in [5.41, 5.74) is 1.58. The van der Waals surface area contributed by atoms with E-state index in [1.54, 1.807) is 12.4 Å². The number of hydrogen-bond acceptors (Lipinski definition) is 5. The maximum Gasteiger partial charge on any atom is 0.274 e. The summed E-state index contributed by atoms with van der Waals surface area (Å²) in [6.45, 7) is 1.70. The molecule has 1 unspecified atom stereocenters. The Morgan fingerprint density at radius 1 is 1.23 bits per heavy atom. The van der Waals surface area contributed by atoms with Gasteiger partial charge in [0.25, 0.3) is 5.91 Å². The number of fused-ring (bicyclic) bond motifs is 1. The fourth-order valence-electron chi connectivity index (χ4n) is 2.96. The van der Waals surface area contributed by atoms with Crippen molar-refractivity contribution in [2.45, 2.75) is 12.3 Å². The van der Waals surface area contributed by atoms with Gasteiger partial charge >= 0.3 is 0 Å². The number of carbonyl (C=O) groups excluding carboxylic acids is 1. The monoisotopic (exact) mass is 297 g/mol. The molecule has 22 heavy (non-hydrogen) atoms. The number of nitrogens with zero attached hydrogens (tertiary/aromatic N) is 3. The van der Waals surface area contributed by atoms with Gasteiger partial charge in [-0.25, -0.2) is 4.98 Å². The Bertz CT molecular complexity index is 705. The first kappa shape index (κ1) is 13.1. The number of amides is 1. The van der Waals surface area contributed by atoms with E-state index in [9.17, 15) is 4.79 Å². The minimum absolute atomic E-state index is 0.0589. The average molecular weight is 297 g/mol. The van der Waals surface area contributed by atoms with E-state index < -0.39 is 0 Å². The predicted octanol–water partition coefficient (Wildman–Crippen LogP) is 1.83. The first-order valence-electron chi connectivity index (χ1n) is 7.26. The van der Waals surface area contributed by atoms with Gasteiger partial charge in [-0.2, -0.15) is 0 Å². The van der Waals surface area contributed by atoms with Crippen molar-refractivity contribution in [1.29, 1.82) is 0 Å². The number of hydrogen-bond donors (Lipinski definition) is 0. The molecule has 0 bridgehead atoms. The highest BCUT2D eigenvalue weighted by Crippen LogP contribution is 2.37. The molecule has 6 heteroatoms. The zero-order valence-electron chi connectivity index (χ0n) is 11.9. The van der Waals surface area contributed by atoms with Gasteiger partial charge in [0, 0.05) is 31.4 Å². The molecule has 1 amide bonds. The SMILES string of the molecule is O=C(c1cnccn1)N1CCC(c2ccc3c(c2)OCO3)C1. The van der Waals surface area contributed by atoms with E-state index in [1.165, 1.54) is 11.8 Å². The largest absolute Gasteiger partial charge is 0.454 e. The van der Waals surface area contributed by atoms with Crippen LogP contribution in [0.5, 0.6) is 11.5 Å². The van der Waals surface area contributed by atoms with Crippen molar-refractivity contribution in [3.63, 3.8) is 0 Å². The summed E-state index contributed by atoms with van der Waals surface area (Å²) in [6, 6.07) is 6.00. The molecule has 3 heterocycles. The van der Waals surface area contributed by atoms with Crippen LogP contribution < -0.4 is 9.47 Å². The van der Waals surface area contributed by atoms with Crippen LogP contribution in [0.3, 0.4) is 0 Å². The summed E-state index contributed by atoms with van der Waals surface area (Å²) in [4.78, 5) is 22.3. The predicted molar refractivity (Wildman–Crippen MR) is 77.9 cm³/mol. The van der Waals surface area contributed by atoms with Gasteiger partial charge in [0.05, 0.1) is 6.20 Å². The Morgan fingerprint density at radius 2 is 2.14 bits per heavy atom. The molecule has 2 aliphatic heterocycles. The van der Waals surface area contributed by atoms with Crippen LogP contribution in [0, 0.1) is 0 Å². The van der Waals surface area contributed by atoms with E-state index in [2.05, 4.69) is 16.0 Å². The normalized spacial score (nSPS) is 19.5. The molecule has 112 valence electrons. The summed E-state index contributed by atoms with van der Waals surface area (Å²) in [6.07, 6.45) is 5.55. The second-order valence-electron chi connectivity index (χ2n) is 5.44. The van der Waals surface area contributed by atoms with Gasteiger partial charge in [-0.1, -0.05) is 6.07 Å². The quantitative estimate of drug-likeness (QED) is 0.846. The summed E-state index contributed by atoms with van der Waals surface area (Å²) in [5.74, 6) is 1.83. The molecular formula is C16H15N3O3. The zero-order chi connectivity index (χ0) is 14.9. The molecular weight excluding hydrogens is 282 g/mol. The first-order chi connectivity index (χ1) is 10.8. The number of likely N-dealkylation sites (tertiary alicyclic amines) is 1. The molecule has 0 N–H and O–H groups in total. The summed E-state index contributed by atoms with van der Waals surface area (Å²) in [5, 5.41) is 0. The third kappa shape index (κ3) is 2.26. The van der Waals surface area contributed by atoms with Crippen LogP contribution >= 0.6 is 0 Å². The van der Waals surface area contributed by atoms with Gasteiger partial charge in [0.15, 0.2) is 11.5 Å². The number of aromatic nitrogens is 2. The fraction of sp³-hybridized carbons (Fsp3) is 0.312. The maximum atomic E-state index is 12.4. The molecule has 0 spiro atoms. The second kappa shape index (κ2) is 5.29. The highest BCUT2D eigenvalue weighted by Gasteiger charge is 2.29. The molecule has 0 radical (unpaired) electrons. The third-order valence-electron chi connectivity index (χ3n) is 4.13. The molecule has 1 aromatic carbocycles. The molecule has 1 fully saturated rings. The van der Waals surface area contributed by atoms with Gasteiger partial charge in [0.2, 0.25) is 6.79 Å². The standard InChI is InChI=1S/C16H15N3O3/c20-16(13-8-17-4-5-18-13)19-6-3-12(9-19)11-1-2-14-15(7-11)22-10-21-14/h1-2,4-5,7-8,12H,3,6,9-10H2. The molecule has 1 saturated heterocycles. The first-order valence-corrected chi connectivity index (χ1v) is 7.26. The van der Waals surface area contributed by atoms with Crippen LogP contribution in [0.1, 0.15) is 28.4 Å². The van der Waals surface area contributed by atoms with Crippen molar-refractivity contribution in [2.75, 3.05) is 19.9 Å². The van der Waals surface area contributed by atoms with Gasteiger partial charge in [0.1, 0.15) is 5.69 Å². The van der Waals surface area contributed by atoms with Gasteiger partial charge in [-0.3, -0.25) is 9.78 Å². The van der Waals surface area contributed by atoms with Crippen LogP contribution in [0.15, 0.2) is 36.8 Å². The van der Waals surface area contributed by atoms with Crippen molar-refractivity contribution in [3.8, 4) is 11.5 Å². The molecule has 6 nitrogen and oxygen atoms in total. The van der Waals surface area contributed by atoms with Gasteiger partial charge < -0.3 is 14.4 Å². The molecule has 2 aliphatic rings. The molecule has 4 rings (SSSR count). The van der Waals surface area contributed by atoms with E-state index in [0.717, 1.165) is 24.5 Å². The second-order valence-corrected chi connectivity index (χ2v) is 5.44. The highest BCUT2D eigenvalue weighted by atomic mass is 16.7. The van der Waals surface area contributed by atoms with Crippen molar-refractivity contribution >= 4 is 5.91 Å². The molecule has 2 aromatic rings. The molecule has 1 aromatic heterocycles. The van der Waals surface area contributed by atoms with E-state index >= 15 is 0 Å². The summed E-state index contributed by atoms with van der Waals surface area (Å²) in [7, 11) is 0. The van der Waals surface area contributed by atoms with Crippen molar-refractivity contribution in [2.24, 2.45) is 0 Å². The maximum absolute atomic E-state index is 12.4. The van der Waals surface area contributed by atoms with Crippen LogP contribution in [-0.2, 0) is 0 Å². The minimum Gasteiger partial charge on any atom is -0.454 e. The Morgan fingerprint density at radius 3 is 3.00 bits per heavy atom. The lowest BCUT2D eigenvalue weighted by Crippen LogP contribution is -2.29. The van der Waals surface area contributed by atoms with E-state index in [1.807, 2.05) is 17.0 Å². The van der Waals surface area contributed by atoms with Crippen molar-refractivity contribution in [3.05, 3.63) is 48.0 Å². The van der Waals surface area contributed by atoms with Crippen LogP contribution in [-0.4, -0.2) is 40.7 Å². The smallest absolute Gasteiger partial charge is 0.274 e. The molecule has 1 atom stereocenters. The lowest BCUT2D eigenvalue weighted by Gasteiger charge is -2.16. The fourth-order valence-corrected chi connectivity index (χ4v) is 2.96. The zero-order valence-corrected chi connectivity index (χ0v) is 11.9. The average Bonchev–Trinajstić information content (AvgIpc) is 3.23. The lowest BCUT2D eigenvalue weighted by atomic mass is 9.98. The number of ether oxygens (including phenoxy) is 2. The summed E-state index contributed by atoms with van der Waals surface area (Å²) < 4.78 is 10.8. The number of benzene rings is 1. The highest BCUT2D eigenvalue weighted by molar-refractivity contribution is 5.92. The van der Waals surface area contributed by atoms with Crippen molar-refractivity contribution < 1.29 is 14.3 Å².